The van der Waals surface area contributed by atoms with Crippen molar-refractivity contribution >= 4 is 41.5 Å². The summed E-state index contributed by atoms with van der Waals surface area (Å²) >= 11 is 0. The van der Waals surface area contributed by atoms with Gasteiger partial charge in [-0.3, -0.25) is 4.89 Å². The van der Waals surface area contributed by atoms with E-state index in [0.717, 1.165) is 0 Å². The summed E-state index contributed by atoms with van der Waals surface area (Å²) in [5.41, 5.74) is -0.390. The zero-order valence-electron chi connectivity index (χ0n) is 7.43. The molecule has 14 heavy (non-hydrogen) atoms. The van der Waals surface area contributed by atoms with Crippen LogP contribution < -0.4 is 0 Å². The van der Waals surface area contributed by atoms with Gasteiger partial charge in [-0.2, -0.15) is 5.26 Å². The van der Waals surface area contributed by atoms with E-state index in [0.29, 0.717) is 0 Å². The van der Waals surface area contributed by atoms with Gasteiger partial charge >= 0.3 is 11.9 Å². The molecule has 69 valence electrons. The van der Waals surface area contributed by atoms with Crippen LogP contribution in [0.25, 0.3) is 0 Å². The molecule has 2 N–H and O–H groups in total. The zero-order valence-corrected chi connectivity index (χ0v) is 9.43. The monoisotopic (exact) mass is 205 g/mol. The van der Waals surface area contributed by atoms with E-state index in [9.17, 15) is 9.59 Å². The average Bonchev–Trinajstić information content (AvgIpc) is 2.16. The molecule has 0 amide bonds. The van der Waals surface area contributed by atoms with Gasteiger partial charge in [0, 0.05) is 29.6 Å². The number of carbonyl (C=O) groups excluding carboxylic acids is 1. The maximum absolute atomic E-state index is 10.8. The molecule has 0 heterocycles. The molecular weight excluding hydrogens is 199 g/mol. The summed E-state index contributed by atoms with van der Waals surface area (Å²) < 4.78 is 0. The van der Waals surface area contributed by atoms with Gasteiger partial charge in [-0.1, -0.05) is 12.1 Å². The third-order valence-electron chi connectivity index (χ3n) is 1.46. The van der Waals surface area contributed by atoms with Crippen molar-refractivity contribution in [3.05, 3.63) is 35.4 Å². The Morgan fingerprint density at radius 1 is 1.14 bits per heavy atom. The third kappa shape index (κ3) is 2.81. The first-order valence-corrected chi connectivity index (χ1v) is 3.35. The third-order valence-corrected chi connectivity index (χ3v) is 1.46. The molecule has 0 atom stereocenters. The molecule has 0 unspecified atom stereocenters. The van der Waals surface area contributed by atoms with Gasteiger partial charge in [0.1, 0.15) is 0 Å². The Hall–Kier alpha value is -0.880. The van der Waals surface area contributed by atoms with E-state index in [-0.39, 0.29) is 40.7 Å². The maximum Gasteiger partial charge on any atom is 0.373 e. The largest absolute Gasteiger partial charge is 0.478 e. The number of carboxylic acid groups (broad SMARTS) is 1. The molecule has 0 aliphatic heterocycles. The minimum Gasteiger partial charge on any atom is -0.478 e. The van der Waals surface area contributed by atoms with E-state index in [1.165, 1.54) is 24.3 Å². The molecule has 0 bridgehead atoms. The van der Waals surface area contributed by atoms with Crippen LogP contribution in [-0.2, 0) is 4.89 Å². The Balaban J connectivity index is 0.00000169. The van der Waals surface area contributed by atoms with Crippen LogP contribution in [0.3, 0.4) is 0 Å². The van der Waals surface area contributed by atoms with E-state index < -0.39 is 11.9 Å². The minimum atomic E-state index is -1.25. The van der Waals surface area contributed by atoms with Crippen molar-refractivity contribution in [3.8, 4) is 0 Å². The van der Waals surface area contributed by atoms with Crippen molar-refractivity contribution in [2.75, 3.05) is 0 Å². The predicted molar refractivity (Wildman–Crippen MR) is 47.2 cm³/mol. The predicted octanol–water partition coefficient (Wildman–Crippen LogP) is 0.634. The normalized spacial score (nSPS) is 8.64. The summed E-state index contributed by atoms with van der Waals surface area (Å²) in [5.74, 6) is -2.33. The minimum absolute atomic E-state index is 0. The Bertz CT molecular complexity index is 349. The smallest absolute Gasteiger partial charge is 0.373 e. The van der Waals surface area contributed by atoms with Crippen molar-refractivity contribution < 1.29 is 24.8 Å². The number of hydrogen-bond donors (Lipinski definition) is 2. The number of hydrogen-bond acceptors (Lipinski definition) is 4. The van der Waals surface area contributed by atoms with E-state index in [2.05, 4.69) is 4.89 Å². The number of benzene rings is 1. The van der Waals surface area contributed by atoms with Crippen LogP contribution >= 0.6 is 0 Å². The summed E-state index contributed by atoms with van der Waals surface area (Å²) in [7, 11) is 0. The van der Waals surface area contributed by atoms with Crippen LogP contribution in [0.1, 0.15) is 20.7 Å². The average molecular weight is 205 g/mol. The van der Waals surface area contributed by atoms with Gasteiger partial charge in [0.15, 0.2) is 0 Å². The first kappa shape index (κ1) is 13.1. The Kier molecular flexibility index (Phi) is 5.40. The Morgan fingerprint density at radius 3 is 2.07 bits per heavy atom. The molecule has 5 nitrogen and oxygen atoms in total. The van der Waals surface area contributed by atoms with Gasteiger partial charge in [0.05, 0.1) is 11.1 Å². The number of carbonyl (C=O) groups is 2. The molecule has 0 aromatic heterocycles. The molecule has 0 fully saturated rings. The zero-order chi connectivity index (χ0) is 9.84. The summed E-state index contributed by atoms with van der Waals surface area (Å²) in [5, 5.41) is 16.7. The van der Waals surface area contributed by atoms with Crippen molar-refractivity contribution in [2.45, 2.75) is 0 Å². The van der Waals surface area contributed by atoms with Gasteiger partial charge in [-0.15, -0.1) is 0 Å². The first-order chi connectivity index (χ1) is 6.16. The topological polar surface area (TPSA) is 83.8 Å². The summed E-state index contributed by atoms with van der Waals surface area (Å²) in [6.07, 6.45) is 0. The molecule has 0 aliphatic rings. The van der Waals surface area contributed by atoms with Crippen LogP contribution in [-0.4, -0.2) is 51.9 Å². The van der Waals surface area contributed by atoms with Gasteiger partial charge in [-0.25, -0.2) is 9.59 Å². The second kappa shape index (κ2) is 5.77. The second-order valence-electron chi connectivity index (χ2n) is 2.23. The quantitative estimate of drug-likeness (QED) is 0.420. The van der Waals surface area contributed by atoms with E-state index in [1.54, 1.807) is 0 Å². The number of carboxylic acids is 1. The standard InChI is InChI=1S/C8H6O5.Na/c9-7(10)5-3-1-2-4-6(5)8(11)13-12;/h1-4,12H,(H,9,10);. The van der Waals surface area contributed by atoms with Gasteiger partial charge < -0.3 is 5.11 Å². The van der Waals surface area contributed by atoms with Gasteiger partial charge in [0.25, 0.3) is 0 Å². The van der Waals surface area contributed by atoms with Crippen molar-refractivity contribution in [1.29, 1.82) is 0 Å². The number of aromatic carboxylic acids is 1. The second-order valence-corrected chi connectivity index (χ2v) is 2.23. The van der Waals surface area contributed by atoms with Crippen LogP contribution in [0.2, 0.25) is 0 Å². The van der Waals surface area contributed by atoms with Gasteiger partial charge in [0.2, 0.25) is 0 Å². The van der Waals surface area contributed by atoms with E-state index >= 15 is 0 Å². The van der Waals surface area contributed by atoms with Crippen molar-refractivity contribution in [3.63, 3.8) is 0 Å². The molecule has 0 spiro atoms. The van der Waals surface area contributed by atoms with E-state index in [4.69, 9.17) is 10.4 Å². The summed E-state index contributed by atoms with van der Waals surface area (Å²) in [6, 6.07) is 5.44. The molecule has 1 aromatic carbocycles. The summed E-state index contributed by atoms with van der Waals surface area (Å²) in [6.45, 7) is 0. The molecule has 0 saturated heterocycles. The molecule has 6 heteroatoms. The van der Waals surface area contributed by atoms with Crippen molar-refractivity contribution in [2.24, 2.45) is 0 Å². The Morgan fingerprint density at radius 2 is 1.64 bits per heavy atom. The SMILES string of the molecule is O=C(O)c1ccccc1C(=O)OO.[Na]. The summed E-state index contributed by atoms with van der Waals surface area (Å²) in [4.78, 5) is 24.8. The van der Waals surface area contributed by atoms with Crippen LogP contribution in [0.5, 0.6) is 0 Å². The first-order valence-electron chi connectivity index (χ1n) is 3.35. The molecule has 1 radical (unpaired) electrons. The number of rotatable bonds is 2. The Labute approximate surface area is 102 Å². The molecule has 1 aromatic rings. The molecule has 1 rings (SSSR count). The molecular formula is C8H6NaO5. The molecule has 0 aliphatic carbocycles. The maximum atomic E-state index is 10.8. The molecule has 0 saturated carbocycles. The van der Waals surface area contributed by atoms with E-state index in [1.807, 2.05) is 0 Å². The fraction of sp³-hybridized carbons (Fsp3) is 0. The van der Waals surface area contributed by atoms with Crippen molar-refractivity contribution in [1.82, 2.24) is 0 Å². The fourth-order valence-corrected chi connectivity index (χ4v) is 0.897. The fourth-order valence-electron chi connectivity index (χ4n) is 0.897. The van der Waals surface area contributed by atoms with Crippen LogP contribution in [0.4, 0.5) is 0 Å². The van der Waals surface area contributed by atoms with Crippen LogP contribution in [0, 0.1) is 0 Å². The van der Waals surface area contributed by atoms with Gasteiger partial charge in [-0.05, 0) is 12.1 Å². The van der Waals surface area contributed by atoms with Crippen LogP contribution in [0.15, 0.2) is 24.3 Å².